The number of rotatable bonds is 2. The van der Waals surface area contributed by atoms with Gasteiger partial charge in [0, 0.05) is 11.8 Å². The van der Waals surface area contributed by atoms with Gasteiger partial charge in [0.1, 0.15) is 23.5 Å². The van der Waals surface area contributed by atoms with E-state index in [4.69, 9.17) is 9.52 Å². The van der Waals surface area contributed by atoms with E-state index in [2.05, 4.69) is 18.0 Å². The van der Waals surface area contributed by atoms with Crippen molar-refractivity contribution >= 4 is 11.8 Å². The Kier molecular flexibility index (Phi) is 2.62. The highest BCUT2D eigenvalue weighted by atomic mass is 32.2. The molecule has 1 aliphatic heterocycles. The van der Waals surface area contributed by atoms with Gasteiger partial charge in [-0.3, -0.25) is 5.32 Å². The van der Waals surface area contributed by atoms with Crippen molar-refractivity contribution in [3.63, 3.8) is 0 Å². The number of aliphatic hydroxyl groups excluding tert-OH is 1. The molecule has 0 spiro atoms. The first-order chi connectivity index (χ1) is 6.29. The summed E-state index contributed by atoms with van der Waals surface area (Å²) < 4.78 is 5.41. The van der Waals surface area contributed by atoms with Crippen LogP contribution in [0, 0.1) is 5.75 Å². The molecule has 2 unspecified atom stereocenters. The molecule has 3 nitrogen and oxygen atoms in total. The minimum atomic E-state index is -0.0311. The lowest BCUT2D eigenvalue weighted by atomic mass is 10.3. The Balaban J connectivity index is 2.08. The largest absolute Gasteiger partial charge is 0.461 e. The molecule has 0 amide bonds. The van der Waals surface area contributed by atoms with Gasteiger partial charge in [0.2, 0.25) is 0 Å². The number of hydrogen-bond acceptors (Lipinski definition) is 4. The molecule has 71 valence electrons. The van der Waals surface area contributed by atoms with Crippen LogP contribution in [-0.2, 0) is 6.61 Å². The van der Waals surface area contributed by atoms with E-state index >= 15 is 0 Å². The van der Waals surface area contributed by atoms with Gasteiger partial charge in [-0.1, -0.05) is 0 Å². The van der Waals surface area contributed by atoms with E-state index in [-0.39, 0.29) is 12.0 Å². The van der Waals surface area contributed by atoms with E-state index in [1.807, 2.05) is 6.07 Å². The van der Waals surface area contributed by atoms with Crippen molar-refractivity contribution in [2.75, 3.05) is 0 Å². The molecule has 0 bridgehead atoms. The maximum atomic E-state index is 8.82. The zero-order chi connectivity index (χ0) is 9.26. The van der Waals surface area contributed by atoms with E-state index in [9.17, 15) is 0 Å². The Bertz CT molecular complexity index is 287. The fraction of sp³-hybridized carbons (Fsp3) is 0.444. The second-order valence-corrected chi connectivity index (χ2v) is 4.09. The molecule has 0 aromatic carbocycles. The summed E-state index contributed by atoms with van der Waals surface area (Å²) in [5.74, 6) is 3.65. The molecule has 13 heavy (non-hydrogen) atoms. The van der Waals surface area contributed by atoms with Crippen LogP contribution in [0.2, 0.25) is 0 Å². The minimum absolute atomic E-state index is 0.0311. The summed E-state index contributed by atoms with van der Waals surface area (Å²) in [7, 11) is 0. The molecular weight excluding hydrogens is 186 g/mol. The van der Waals surface area contributed by atoms with Crippen molar-refractivity contribution in [2.45, 2.75) is 24.9 Å². The van der Waals surface area contributed by atoms with Gasteiger partial charge in [-0.15, -0.1) is 11.8 Å². The van der Waals surface area contributed by atoms with Crippen LogP contribution in [0.25, 0.3) is 0 Å². The van der Waals surface area contributed by atoms with E-state index in [1.54, 1.807) is 17.8 Å². The van der Waals surface area contributed by atoms with Crippen LogP contribution in [0.5, 0.6) is 0 Å². The predicted octanol–water partition coefficient (Wildman–Crippen LogP) is 1.66. The topological polar surface area (TPSA) is 45.4 Å². The van der Waals surface area contributed by atoms with Gasteiger partial charge in [-0.25, -0.2) is 0 Å². The Labute approximate surface area is 81.5 Å². The van der Waals surface area contributed by atoms with Crippen LogP contribution in [0.1, 0.15) is 23.8 Å². The van der Waals surface area contributed by atoms with Crippen LogP contribution >= 0.6 is 11.8 Å². The van der Waals surface area contributed by atoms with Crippen molar-refractivity contribution in [3.8, 4) is 0 Å². The molecule has 0 saturated carbocycles. The van der Waals surface area contributed by atoms with Crippen LogP contribution in [0.3, 0.4) is 0 Å². The standard InChI is InChI=1S/C9H12NO2S/c1-6-5-13-9(10-6)8-3-2-7(4-11)12-8/h2-3,5-6,9-11H,4H2,1H3. The van der Waals surface area contributed by atoms with Gasteiger partial charge in [-0.05, 0) is 19.1 Å². The normalized spacial score (nSPS) is 28.2. The highest BCUT2D eigenvalue weighted by molar-refractivity contribution is 8.01. The lowest BCUT2D eigenvalue weighted by molar-refractivity contribution is 0.242. The van der Waals surface area contributed by atoms with Crippen molar-refractivity contribution in [3.05, 3.63) is 29.4 Å². The highest BCUT2D eigenvalue weighted by Gasteiger charge is 2.25. The second kappa shape index (κ2) is 3.74. The Morgan fingerprint density at radius 3 is 3.00 bits per heavy atom. The van der Waals surface area contributed by atoms with Crippen molar-refractivity contribution in [1.29, 1.82) is 0 Å². The lowest BCUT2D eigenvalue weighted by Crippen LogP contribution is -2.20. The fourth-order valence-corrected chi connectivity index (χ4v) is 2.31. The monoisotopic (exact) mass is 198 g/mol. The minimum Gasteiger partial charge on any atom is -0.461 e. The number of aliphatic hydroxyl groups is 1. The first-order valence-corrected chi connectivity index (χ1v) is 5.18. The SMILES string of the molecule is CC1[CH]SC(c2ccc(CO)o2)N1. The first kappa shape index (κ1) is 9.12. The van der Waals surface area contributed by atoms with Gasteiger partial charge in [0.05, 0.1) is 0 Å². The predicted molar refractivity (Wildman–Crippen MR) is 51.9 cm³/mol. The molecule has 2 N–H and O–H groups in total. The summed E-state index contributed by atoms with van der Waals surface area (Å²) in [4.78, 5) is 0. The lowest BCUT2D eigenvalue weighted by Gasteiger charge is -2.06. The third kappa shape index (κ3) is 1.90. The molecule has 1 saturated heterocycles. The summed E-state index contributed by atoms with van der Waals surface area (Å²) in [5, 5.41) is 12.4. The number of furan rings is 1. The molecule has 1 aromatic heterocycles. The molecule has 0 aliphatic carbocycles. The van der Waals surface area contributed by atoms with Gasteiger partial charge in [-0.2, -0.15) is 0 Å². The van der Waals surface area contributed by atoms with Crippen molar-refractivity contribution in [2.24, 2.45) is 0 Å². The molecule has 2 rings (SSSR count). The van der Waals surface area contributed by atoms with Crippen LogP contribution < -0.4 is 5.32 Å². The summed E-state index contributed by atoms with van der Waals surface area (Å²) in [5.41, 5.74) is 0. The van der Waals surface area contributed by atoms with Gasteiger partial charge in [0.15, 0.2) is 0 Å². The second-order valence-electron chi connectivity index (χ2n) is 3.07. The van der Waals surface area contributed by atoms with Crippen LogP contribution in [0.15, 0.2) is 16.5 Å². The van der Waals surface area contributed by atoms with Crippen LogP contribution in [0.4, 0.5) is 0 Å². The Morgan fingerprint density at radius 1 is 1.62 bits per heavy atom. The van der Waals surface area contributed by atoms with Crippen molar-refractivity contribution < 1.29 is 9.52 Å². The zero-order valence-corrected chi connectivity index (χ0v) is 8.17. The molecule has 1 aromatic rings. The molecule has 1 radical (unpaired) electrons. The van der Waals surface area contributed by atoms with E-state index in [1.165, 1.54) is 0 Å². The zero-order valence-electron chi connectivity index (χ0n) is 7.36. The number of nitrogens with one attached hydrogen (secondary N) is 1. The molecule has 4 heteroatoms. The highest BCUT2D eigenvalue weighted by Crippen LogP contribution is 2.36. The van der Waals surface area contributed by atoms with E-state index in [0.717, 1.165) is 5.76 Å². The average Bonchev–Trinajstić information content (AvgIpc) is 2.71. The maximum absolute atomic E-state index is 8.82. The Hall–Kier alpha value is -0.450. The Morgan fingerprint density at radius 2 is 2.46 bits per heavy atom. The average molecular weight is 198 g/mol. The quantitative estimate of drug-likeness (QED) is 0.758. The summed E-state index contributed by atoms with van der Waals surface area (Å²) in [6.45, 7) is 2.07. The summed E-state index contributed by atoms with van der Waals surface area (Å²) in [6.07, 6.45) is 0. The maximum Gasteiger partial charge on any atom is 0.131 e. The number of hydrogen-bond donors (Lipinski definition) is 2. The van der Waals surface area contributed by atoms with Gasteiger partial charge >= 0.3 is 0 Å². The molecular formula is C9H12NO2S. The van der Waals surface area contributed by atoms with Crippen molar-refractivity contribution in [1.82, 2.24) is 5.32 Å². The van der Waals surface area contributed by atoms with Gasteiger partial charge in [0.25, 0.3) is 0 Å². The molecule has 1 fully saturated rings. The molecule has 2 heterocycles. The third-order valence-corrected chi connectivity index (χ3v) is 3.14. The molecule has 2 atom stereocenters. The van der Waals surface area contributed by atoms with Crippen LogP contribution in [-0.4, -0.2) is 11.1 Å². The smallest absolute Gasteiger partial charge is 0.131 e. The summed E-state index contributed by atoms with van der Waals surface area (Å²) >= 11 is 1.72. The van der Waals surface area contributed by atoms with Gasteiger partial charge < -0.3 is 9.52 Å². The molecule has 1 aliphatic rings. The third-order valence-electron chi connectivity index (χ3n) is 1.93. The summed E-state index contributed by atoms with van der Waals surface area (Å²) in [6, 6.07) is 4.13. The van der Waals surface area contributed by atoms with E-state index < -0.39 is 0 Å². The first-order valence-electron chi connectivity index (χ1n) is 4.24. The fourth-order valence-electron chi connectivity index (χ4n) is 1.28. The van der Waals surface area contributed by atoms with E-state index in [0.29, 0.717) is 11.8 Å². The number of thioether (sulfide) groups is 1.